The van der Waals surface area contributed by atoms with Gasteiger partial charge in [-0.3, -0.25) is 0 Å². The molecule has 0 bridgehead atoms. The molecule has 2 aliphatic carbocycles. The molecule has 0 spiro atoms. The van der Waals surface area contributed by atoms with Crippen molar-refractivity contribution in [2.75, 3.05) is 33.2 Å². The Morgan fingerprint density at radius 3 is 2.55 bits per heavy atom. The van der Waals surface area contributed by atoms with Crippen LogP contribution in [0.1, 0.15) is 19.8 Å². The number of hydrogen-bond donors (Lipinski definition) is 2. The molecule has 2 aromatic rings. The van der Waals surface area contributed by atoms with Gasteiger partial charge >= 0.3 is 0 Å². The first-order valence-corrected chi connectivity index (χ1v) is 11.2. The lowest BCUT2D eigenvalue weighted by atomic mass is 9.96. The SMILES string of the molecule is CC1=C(N)CC(=c2c(=C3C=CC(N4CCN(C)CC4)=CC3)[nH]c3nccc(Cl)c23)C=C1. The number of pyridine rings is 1. The molecule has 1 fully saturated rings. The van der Waals surface area contributed by atoms with Gasteiger partial charge in [0.2, 0.25) is 0 Å². The largest absolute Gasteiger partial charge is 0.402 e. The summed E-state index contributed by atoms with van der Waals surface area (Å²) in [6.45, 7) is 6.42. The van der Waals surface area contributed by atoms with Crippen molar-refractivity contribution in [1.29, 1.82) is 0 Å². The highest BCUT2D eigenvalue weighted by Crippen LogP contribution is 2.24. The van der Waals surface area contributed by atoms with Crippen LogP contribution in [-0.2, 0) is 0 Å². The second-order valence-electron chi connectivity index (χ2n) is 8.62. The van der Waals surface area contributed by atoms with Crippen molar-refractivity contribution in [3.05, 3.63) is 75.2 Å². The first-order chi connectivity index (χ1) is 15.0. The number of nitrogens with one attached hydrogen (secondary N) is 1. The number of likely N-dealkylation sites (N-methyl/N-ethyl adjacent to an activating group) is 1. The van der Waals surface area contributed by atoms with Crippen LogP contribution < -0.4 is 16.3 Å². The van der Waals surface area contributed by atoms with E-state index < -0.39 is 0 Å². The summed E-state index contributed by atoms with van der Waals surface area (Å²) in [5, 5.41) is 3.90. The third-order valence-electron chi connectivity index (χ3n) is 6.56. The highest BCUT2D eigenvalue weighted by molar-refractivity contribution is 6.35. The summed E-state index contributed by atoms with van der Waals surface area (Å²) in [6, 6.07) is 1.86. The normalized spacial score (nSPS) is 23.7. The summed E-state index contributed by atoms with van der Waals surface area (Å²) in [6.07, 6.45) is 14.4. The number of nitrogens with two attached hydrogens (primary N) is 1. The predicted octanol–water partition coefficient (Wildman–Crippen LogP) is 2.80. The average Bonchev–Trinajstić information content (AvgIpc) is 3.17. The van der Waals surface area contributed by atoms with Crippen LogP contribution in [0.3, 0.4) is 0 Å². The number of hydrogen-bond acceptors (Lipinski definition) is 4. The second-order valence-corrected chi connectivity index (χ2v) is 9.02. The van der Waals surface area contributed by atoms with Gasteiger partial charge in [0.25, 0.3) is 0 Å². The predicted molar refractivity (Wildman–Crippen MR) is 129 cm³/mol. The molecule has 5 nitrogen and oxygen atoms in total. The van der Waals surface area contributed by atoms with Gasteiger partial charge < -0.3 is 20.5 Å². The number of fused-ring (bicyclic) bond motifs is 1. The molecule has 1 saturated heterocycles. The van der Waals surface area contributed by atoms with Crippen LogP contribution in [0.5, 0.6) is 0 Å². The Morgan fingerprint density at radius 2 is 1.84 bits per heavy atom. The molecule has 0 amide bonds. The first-order valence-electron chi connectivity index (χ1n) is 10.8. The van der Waals surface area contributed by atoms with Crippen molar-refractivity contribution in [3.63, 3.8) is 0 Å². The Kier molecular flexibility index (Phi) is 5.24. The molecule has 1 aliphatic heterocycles. The zero-order valence-corrected chi connectivity index (χ0v) is 18.8. The minimum atomic E-state index is 0.710. The Morgan fingerprint density at radius 1 is 1.06 bits per heavy atom. The van der Waals surface area contributed by atoms with E-state index in [-0.39, 0.29) is 0 Å². The van der Waals surface area contributed by atoms with Crippen molar-refractivity contribution < 1.29 is 0 Å². The molecule has 0 unspecified atom stereocenters. The van der Waals surface area contributed by atoms with Gasteiger partial charge in [0.05, 0.1) is 10.4 Å². The molecule has 0 saturated carbocycles. The van der Waals surface area contributed by atoms with Crippen LogP contribution in [0.2, 0.25) is 5.02 Å². The molecule has 3 heterocycles. The van der Waals surface area contributed by atoms with E-state index in [1.54, 1.807) is 6.20 Å². The topological polar surface area (TPSA) is 61.2 Å². The number of aromatic amines is 1. The van der Waals surface area contributed by atoms with Gasteiger partial charge in [0, 0.05) is 60.8 Å². The van der Waals surface area contributed by atoms with Crippen LogP contribution in [-0.4, -0.2) is 53.0 Å². The van der Waals surface area contributed by atoms with Crippen LogP contribution in [0.4, 0.5) is 0 Å². The van der Waals surface area contributed by atoms with E-state index in [0.717, 1.165) is 65.5 Å². The van der Waals surface area contributed by atoms with Crippen molar-refractivity contribution in [2.45, 2.75) is 19.8 Å². The summed E-state index contributed by atoms with van der Waals surface area (Å²) in [7, 11) is 2.19. The molecule has 0 aromatic carbocycles. The van der Waals surface area contributed by atoms with E-state index >= 15 is 0 Å². The number of nitrogens with zero attached hydrogens (tertiary/aromatic N) is 3. The van der Waals surface area contributed by atoms with Gasteiger partial charge in [0.15, 0.2) is 0 Å². The lowest BCUT2D eigenvalue weighted by Crippen LogP contribution is -2.43. The van der Waals surface area contributed by atoms with Gasteiger partial charge in [-0.05, 0) is 49.3 Å². The number of H-pyrrole nitrogens is 1. The molecule has 3 aliphatic rings. The van der Waals surface area contributed by atoms with E-state index in [2.05, 4.69) is 64.1 Å². The number of allylic oxidation sites excluding steroid dienone is 7. The maximum absolute atomic E-state index is 6.64. The fourth-order valence-corrected chi connectivity index (χ4v) is 4.81. The van der Waals surface area contributed by atoms with Gasteiger partial charge in [-0.15, -0.1) is 0 Å². The molecule has 6 heteroatoms. The summed E-state index contributed by atoms with van der Waals surface area (Å²) >= 11 is 6.64. The van der Waals surface area contributed by atoms with E-state index in [4.69, 9.17) is 17.3 Å². The summed E-state index contributed by atoms with van der Waals surface area (Å²) in [4.78, 5) is 13.0. The van der Waals surface area contributed by atoms with Gasteiger partial charge in [-0.25, -0.2) is 4.98 Å². The smallest absolute Gasteiger partial charge is 0.139 e. The maximum atomic E-state index is 6.64. The minimum Gasteiger partial charge on any atom is -0.402 e. The van der Waals surface area contributed by atoms with Crippen molar-refractivity contribution in [1.82, 2.24) is 19.8 Å². The molecule has 2 aromatic heterocycles. The highest BCUT2D eigenvalue weighted by atomic mass is 35.5. The summed E-state index contributed by atoms with van der Waals surface area (Å²) in [5.74, 6) is 0. The van der Waals surface area contributed by atoms with Gasteiger partial charge in [0.1, 0.15) is 5.65 Å². The van der Waals surface area contributed by atoms with Crippen LogP contribution in [0.15, 0.2) is 59.6 Å². The number of rotatable bonds is 1. The van der Waals surface area contributed by atoms with E-state index in [0.29, 0.717) is 11.4 Å². The van der Waals surface area contributed by atoms with Crippen LogP contribution in [0.25, 0.3) is 22.2 Å². The quantitative estimate of drug-likeness (QED) is 0.726. The standard InChI is InChI=1S/C25H28ClN5/c1-16-3-4-18(15-21(16)27)22-23-20(26)9-10-28-25(23)29-24(22)17-5-7-19(8-6-17)31-13-11-30(2)12-14-31/h3-5,7-10H,6,11-15,27H2,1-2H3,(H,28,29). The lowest BCUT2D eigenvalue weighted by Gasteiger charge is -2.35. The Labute approximate surface area is 187 Å². The van der Waals surface area contributed by atoms with Gasteiger partial charge in [-0.2, -0.15) is 0 Å². The molecule has 0 radical (unpaired) electrons. The van der Waals surface area contributed by atoms with E-state index in [1.807, 2.05) is 6.07 Å². The summed E-state index contributed by atoms with van der Waals surface area (Å²) in [5.41, 5.74) is 12.9. The third-order valence-corrected chi connectivity index (χ3v) is 6.88. The highest BCUT2D eigenvalue weighted by Gasteiger charge is 2.18. The fourth-order valence-electron chi connectivity index (χ4n) is 4.57. The van der Waals surface area contributed by atoms with Crippen molar-refractivity contribution in [2.24, 2.45) is 5.73 Å². The number of piperazine rings is 1. The van der Waals surface area contributed by atoms with E-state index in [1.165, 1.54) is 16.8 Å². The molecule has 31 heavy (non-hydrogen) atoms. The third kappa shape index (κ3) is 3.73. The molecule has 3 N–H and O–H groups in total. The molecule has 160 valence electrons. The van der Waals surface area contributed by atoms with Crippen molar-refractivity contribution >= 4 is 33.8 Å². The molecule has 5 rings (SSSR count). The molecular formula is C25H28ClN5. The Balaban J connectivity index is 1.64. The Bertz CT molecular complexity index is 1280. The summed E-state index contributed by atoms with van der Waals surface area (Å²) < 4.78 is 0. The van der Waals surface area contributed by atoms with Crippen molar-refractivity contribution in [3.8, 4) is 0 Å². The average molecular weight is 434 g/mol. The number of aromatic nitrogens is 2. The van der Waals surface area contributed by atoms with Gasteiger partial charge in [-0.1, -0.05) is 35.9 Å². The van der Waals surface area contributed by atoms with E-state index in [9.17, 15) is 0 Å². The fraction of sp³-hybridized carbons (Fsp3) is 0.320. The monoisotopic (exact) mass is 433 g/mol. The van der Waals surface area contributed by atoms with Crippen LogP contribution in [0, 0.1) is 0 Å². The minimum absolute atomic E-state index is 0.710. The molecule has 0 atom stereocenters. The Hall–Kier alpha value is -2.76. The maximum Gasteiger partial charge on any atom is 0.139 e. The zero-order chi connectivity index (χ0) is 21.5. The van der Waals surface area contributed by atoms with Crippen LogP contribution >= 0.6 is 11.6 Å². The zero-order valence-electron chi connectivity index (χ0n) is 18.1. The second kappa shape index (κ2) is 8.06. The molecular weight excluding hydrogens is 406 g/mol. The first kappa shape index (κ1) is 20.2. The lowest BCUT2D eigenvalue weighted by molar-refractivity contribution is 0.190. The number of halogens is 1.